The van der Waals surface area contributed by atoms with Crippen LogP contribution in [-0.2, 0) is 21.4 Å². The van der Waals surface area contributed by atoms with E-state index in [1.807, 2.05) is 13.8 Å². The molecule has 8 nitrogen and oxygen atoms in total. The van der Waals surface area contributed by atoms with Crippen molar-refractivity contribution in [3.63, 3.8) is 0 Å². The van der Waals surface area contributed by atoms with E-state index in [0.29, 0.717) is 24.1 Å². The predicted molar refractivity (Wildman–Crippen MR) is 106 cm³/mol. The van der Waals surface area contributed by atoms with Crippen molar-refractivity contribution < 1.29 is 13.2 Å². The SMILES string of the molecule is CC(C)n1c(=O)n(CC(=O)NC2CC2)c2cc(S(=O)(=O)N3CCCC3)ccc21. The van der Waals surface area contributed by atoms with Gasteiger partial charge in [-0.15, -0.1) is 0 Å². The predicted octanol–water partition coefficient (Wildman–Crippen LogP) is 1.45. The molecule has 9 heteroatoms. The number of aromatic nitrogens is 2. The van der Waals surface area contributed by atoms with Crippen LogP contribution in [0.1, 0.15) is 45.6 Å². The minimum absolute atomic E-state index is 0.108. The molecule has 1 aromatic carbocycles. The topological polar surface area (TPSA) is 93.4 Å². The average Bonchev–Trinajstić information content (AvgIpc) is 3.18. The van der Waals surface area contributed by atoms with Crippen LogP contribution in [0, 0.1) is 0 Å². The fourth-order valence-corrected chi connectivity index (χ4v) is 5.33. The molecule has 2 aromatic rings. The normalized spacial score (nSPS) is 18.2. The highest BCUT2D eigenvalue weighted by Gasteiger charge is 2.29. The molecule has 1 saturated carbocycles. The van der Waals surface area contributed by atoms with Gasteiger partial charge in [0.2, 0.25) is 15.9 Å². The van der Waals surface area contributed by atoms with Crippen LogP contribution in [0.3, 0.4) is 0 Å². The van der Waals surface area contributed by atoms with Gasteiger partial charge in [-0.3, -0.25) is 13.9 Å². The average molecular weight is 407 g/mol. The maximum Gasteiger partial charge on any atom is 0.329 e. The summed E-state index contributed by atoms with van der Waals surface area (Å²) >= 11 is 0. The van der Waals surface area contributed by atoms with E-state index in [9.17, 15) is 18.0 Å². The van der Waals surface area contributed by atoms with Crippen LogP contribution in [0.25, 0.3) is 11.0 Å². The minimum Gasteiger partial charge on any atom is -0.352 e. The molecule has 0 bridgehead atoms. The van der Waals surface area contributed by atoms with Crippen molar-refractivity contribution >= 4 is 27.0 Å². The molecule has 1 aromatic heterocycles. The number of hydrogen-bond donors (Lipinski definition) is 1. The van der Waals surface area contributed by atoms with E-state index in [1.54, 1.807) is 16.7 Å². The van der Waals surface area contributed by atoms with Crippen LogP contribution >= 0.6 is 0 Å². The molecule has 28 heavy (non-hydrogen) atoms. The summed E-state index contributed by atoms with van der Waals surface area (Å²) in [4.78, 5) is 25.5. The van der Waals surface area contributed by atoms with Crippen LogP contribution in [0.5, 0.6) is 0 Å². The van der Waals surface area contributed by atoms with Gasteiger partial charge in [0.15, 0.2) is 0 Å². The third-order valence-electron chi connectivity index (χ3n) is 5.40. The first-order valence-electron chi connectivity index (χ1n) is 9.83. The molecule has 0 spiro atoms. The van der Waals surface area contributed by atoms with Gasteiger partial charge in [-0.05, 0) is 57.7 Å². The lowest BCUT2D eigenvalue weighted by Gasteiger charge is -2.15. The largest absolute Gasteiger partial charge is 0.352 e. The van der Waals surface area contributed by atoms with Crippen LogP contribution in [0.4, 0.5) is 0 Å². The first-order chi connectivity index (χ1) is 13.3. The summed E-state index contributed by atoms with van der Waals surface area (Å²) in [5.74, 6) is -0.222. The summed E-state index contributed by atoms with van der Waals surface area (Å²) in [5.41, 5.74) is 0.816. The van der Waals surface area contributed by atoms with E-state index < -0.39 is 10.0 Å². The van der Waals surface area contributed by atoms with E-state index in [2.05, 4.69) is 5.32 Å². The van der Waals surface area contributed by atoms with Gasteiger partial charge in [-0.1, -0.05) is 0 Å². The molecule has 0 atom stereocenters. The zero-order valence-electron chi connectivity index (χ0n) is 16.2. The Morgan fingerprint density at radius 1 is 1.18 bits per heavy atom. The van der Waals surface area contributed by atoms with Gasteiger partial charge in [0, 0.05) is 25.2 Å². The van der Waals surface area contributed by atoms with Crippen molar-refractivity contribution in [2.45, 2.75) is 63.1 Å². The second-order valence-corrected chi connectivity index (χ2v) is 9.87. The molecule has 1 saturated heterocycles. The van der Waals surface area contributed by atoms with Crippen LogP contribution in [0.15, 0.2) is 27.9 Å². The Bertz CT molecular complexity index is 1070. The van der Waals surface area contributed by atoms with E-state index >= 15 is 0 Å². The van der Waals surface area contributed by atoms with Crippen LogP contribution in [-0.4, -0.2) is 46.9 Å². The van der Waals surface area contributed by atoms with Crippen molar-refractivity contribution in [3.8, 4) is 0 Å². The first kappa shape index (κ1) is 19.2. The highest BCUT2D eigenvalue weighted by atomic mass is 32.2. The van der Waals surface area contributed by atoms with Crippen LogP contribution in [0.2, 0.25) is 0 Å². The number of sulfonamides is 1. The van der Waals surface area contributed by atoms with Crippen molar-refractivity contribution in [1.29, 1.82) is 0 Å². The zero-order valence-corrected chi connectivity index (χ0v) is 17.0. The van der Waals surface area contributed by atoms with E-state index in [4.69, 9.17) is 0 Å². The Hall–Kier alpha value is -2.13. The maximum absolute atomic E-state index is 13.0. The van der Waals surface area contributed by atoms with E-state index in [1.165, 1.54) is 14.9 Å². The number of carbonyl (C=O) groups excluding carboxylic acids is 1. The number of fused-ring (bicyclic) bond motifs is 1. The Kier molecular flexibility index (Phi) is 4.83. The standard InChI is InChI=1S/C19H26N4O4S/c1-13(2)23-16-8-7-15(28(26,27)21-9-3-4-10-21)11-17(16)22(19(23)25)12-18(24)20-14-5-6-14/h7-8,11,13-14H,3-6,9-10,12H2,1-2H3,(H,20,24). The number of carbonyl (C=O) groups is 1. The van der Waals surface area contributed by atoms with Gasteiger partial charge < -0.3 is 5.32 Å². The number of nitrogens with zero attached hydrogens (tertiary/aromatic N) is 3. The van der Waals surface area contributed by atoms with Gasteiger partial charge in [-0.2, -0.15) is 4.31 Å². The summed E-state index contributed by atoms with van der Waals surface area (Å²) in [6.45, 7) is 4.71. The molecule has 1 N–H and O–H groups in total. The van der Waals surface area contributed by atoms with Gasteiger partial charge in [-0.25, -0.2) is 13.2 Å². The molecule has 152 valence electrons. The monoisotopic (exact) mass is 406 g/mol. The van der Waals surface area contributed by atoms with E-state index in [-0.39, 0.29) is 35.1 Å². The number of benzene rings is 1. The fourth-order valence-electron chi connectivity index (χ4n) is 3.79. The quantitative estimate of drug-likeness (QED) is 0.786. The van der Waals surface area contributed by atoms with Crippen molar-refractivity contribution in [2.75, 3.05) is 13.1 Å². The smallest absolute Gasteiger partial charge is 0.329 e. The zero-order chi connectivity index (χ0) is 20.1. The van der Waals surface area contributed by atoms with Gasteiger partial charge in [0.1, 0.15) is 6.54 Å². The van der Waals surface area contributed by atoms with Gasteiger partial charge in [0.05, 0.1) is 15.9 Å². The molecule has 4 rings (SSSR count). The van der Waals surface area contributed by atoms with Crippen molar-refractivity contribution in [1.82, 2.24) is 18.8 Å². The molecule has 2 aliphatic rings. The Morgan fingerprint density at radius 3 is 2.46 bits per heavy atom. The first-order valence-corrected chi connectivity index (χ1v) is 11.3. The molecule has 2 fully saturated rings. The highest BCUT2D eigenvalue weighted by Crippen LogP contribution is 2.26. The summed E-state index contributed by atoms with van der Waals surface area (Å²) in [7, 11) is -3.60. The second-order valence-electron chi connectivity index (χ2n) is 7.94. The number of nitrogens with one attached hydrogen (secondary N) is 1. The molecular formula is C19H26N4O4S. The number of rotatable bonds is 6. The summed E-state index contributed by atoms with van der Waals surface area (Å²) in [6.07, 6.45) is 3.65. The second kappa shape index (κ2) is 7.04. The van der Waals surface area contributed by atoms with Gasteiger partial charge in [0.25, 0.3) is 0 Å². The molecule has 1 amide bonds. The summed E-state index contributed by atoms with van der Waals surface area (Å²) in [6, 6.07) is 4.86. The van der Waals surface area contributed by atoms with E-state index in [0.717, 1.165) is 25.7 Å². The number of amides is 1. The number of imidazole rings is 1. The molecule has 1 aliphatic heterocycles. The molecule has 0 radical (unpaired) electrons. The molecular weight excluding hydrogens is 380 g/mol. The van der Waals surface area contributed by atoms with Gasteiger partial charge >= 0.3 is 5.69 Å². The lowest BCUT2D eigenvalue weighted by molar-refractivity contribution is -0.121. The fraction of sp³-hybridized carbons (Fsp3) is 0.579. The molecule has 1 aliphatic carbocycles. The maximum atomic E-state index is 13.0. The van der Waals surface area contributed by atoms with Crippen LogP contribution < -0.4 is 11.0 Å². The lowest BCUT2D eigenvalue weighted by atomic mass is 10.3. The van der Waals surface area contributed by atoms with Crippen molar-refractivity contribution in [3.05, 3.63) is 28.7 Å². The summed E-state index contributed by atoms with van der Waals surface area (Å²) in [5, 5.41) is 2.89. The Labute approximate surface area is 164 Å². The molecule has 0 unspecified atom stereocenters. The summed E-state index contributed by atoms with van der Waals surface area (Å²) < 4.78 is 30.4. The minimum atomic E-state index is -3.60. The lowest BCUT2D eigenvalue weighted by Crippen LogP contribution is -2.34. The third kappa shape index (κ3) is 3.37. The highest BCUT2D eigenvalue weighted by molar-refractivity contribution is 7.89. The number of hydrogen-bond acceptors (Lipinski definition) is 4. The molecule has 2 heterocycles. The Balaban J connectivity index is 1.80. The Morgan fingerprint density at radius 2 is 1.86 bits per heavy atom. The third-order valence-corrected chi connectivity index (χ3v) is 7.29. The van der Waals surface area contributed by atoms with Crippen molar-refractivity contribution in [2.24, 2.45) is 0 Å².